The Morgan fingerprint density at radius 3 is 2.48 bits per heavy atom. The van der Waals surface area contributed by atoms with E-state index in [9.17, 15) is 9.59 Å². The summed E-state index contributed by atoms with van der Waals surface area (Å²) in [7, 11) is 0. The Hall–Kier alpha value is -3.02. The van der Waals surface area contributed by atoms with Crippen molar-refractivity contribution in [2.45, 2.75) is 13.0 Å². The maximum atomic E-state index is 12.2. The van der Waals surface area contributed by atoms with Crippen molar-refractivity contribution in [3.8, 4) is 5.75 Å². The number of nitrogens with two attached hydrogens (primary N) is 1. The first kappa shape index (κ1) is 16.4. The average molecular weight is 313 g/mol. The van der Waals surface area contributed by atoms with Crippen molar-refractivity contribution in [2.24, 2.45) is 5.73 Å². The molecule has 2 aromatic carbocycles. The molecule has 0 saturated heterocycles. The van der Waals surface area contributed by atoms with Gasteiger partial charge in [-0.25, -0.2) is 0 Å². The summed E-state index contributed by atoms with van der Waals surface area (Å²) in [6.45, 7) is 1.57. The highest BCUT2D eigenvalue weighted by Gasteiger charge is 2.13. The molecule has 0 bridgehead atoms. The highest BCUT2D eigenvalue weighted by Crippen LogP contribution is 2.18. The van der Waals surface area contributed by atoms with E-state index in [2.05, 4.69) is 10.6 Å². The molecule has 6 nitrogen and oxygen atoms in total. The number of carbonyl (C=O) groups excluding carboxylic acids is 2. The molecule has 0 spiro atoms. The average Bonchev–Trinajstić information content (AvgIpc) is 2.54. The Bertz CT molecular complexity index is 674. The van der Waals surface area contributed by atoms with Crippen LogP contribution in [0.3, 0.4) is 0 Å². The van der Waals surface area contributed by atoms with Gasteiger partial charge in [0.2, 0.25) is 5.91 Å². The molecule has 0 aliphatic rings. The Morgan fingerprint density at radius 2 is 1.78 bits per heavy atom. The lowest BCUT2D eigenvalue weighted by molar-refractivity contribution is -0.120. The van der Waals surface area contributed by atoms with Gasteiger partial charge >= 0.3 is 0 Å². The molecule has 2 amide bonds. The summed E-state index contributed by atoms with van der Waals surface area (Å²) in [5, 5.41) is 5.90. The summed E-state index contributed by atoms with van der Waals surface area (Å²) in [6, 6.07) is 15.8. The number of ether oxygens (including phenoxy) is 1. The Balaban J connectivity index is 1.94. The molecule has 0 heterocycles. The molecule has 1 atom stereocenters. The third-order valence-electron chi connectivity index (χ3n) is 3.03. The number of anilines is 2. The van der Waals surface area contributed by atoms with Gasteiger partial charge in [0.25, 0.3) is 5.91 Å². The van der Waals surface area contributed by atoms with E-state index in [0.717, 1.165) is 5.69 Å². The molecule has 0 aliphatic heterocycles. The fraction of sp³-hybridized carbons (Fsp3) is 0.176. The number of nitrogens with one attached hydrogen (secondary N) is 2. The van der Waals surface area contributed by atoms with Gasteiger partial charge in [-0.1, -0.05) is 24.3 Å². The Morgan fingerprint density at radius 1 is 1.09 bits per heavy atom. The van der Waals surface area contributed by atoms with Crippen LogP contribution >= 0.6 is 0 Å². The normalized spacial score (nSPS) is 11.3. The lowest BCUT2D eigenvalue weighted by Gasteiger charge is -2.16. The molecular formula is C17H19N3O3. The monoisotopic (exact) mass is 313 g/mol. The largest absolute Gasteiger partial charge is 0.484 e. The standard InChI is InChI=1S/C17H19N3O3/c1-12(17(22)20-13-6-3-2-4-7-13)19-14-8-5-9-15(10-14)23-11-16(18)21/h2-10,12,19H,11H2,1H3,(H2,18,21)(H,20,22)/t12-/m1/s1. The van der Waals surface area contributed by atoms with Crippen molar-refractivity contribution in [1.82, 2.24) is 0 Å². The molecule has 2 aromatic rings. The van der Waals surface area contributed by atoms with E-state index < -0.39 is 11.9 Å². The molecule has 4 N–H and O–H groups in total. The van der Waals surface area contributed by atoms with Crippen LogP contribution < -0.4 is 21.1 Å². The van der Waals surface area contributed by atoms with E-state index in [4.69, 9.17) is 10.5 Å². The van der Waals surface area contributed by atoms with Crippen molar-refractivity contribution in [2.75, 3.05) is 17.2 Å². The SMILES string of the molecule is C[C@@H](Nc1cccc(OCC(N)=O)c1)C(=O)Nc1ccccc1. The topological polar surface area (TPSA) is 93.4 Å². The summed E-state index contributed by atoms with van der Waals surface area (Å²) >= 11 is 0. The quantitative estimate of drug-likeness (QED) is 0.728. The van der Waals surface area contributed by atoms with Crippen LogP contribution in [0.25, 0.3) is 0 Å². The zero-order valence-corrected chi connectivity index (χ0v) is 12.8. The molecule has 0 fully saturated rings. The van der Waals surface area contributed by atoms with Crippen LogP contribution in [0.4, 0.5) is 11.4 Å². The number of rotatable bonds is 7. The van der Waals surface area contributed by atoms with Crippen molar-refractivity contribution >= 4 is 23.2 Å². The molecular weight excluding hydrogens is 294 g/mol. The van der Waals surface area contributed by atoms with E-state index in [-0.39, 0.29) is 12.5 Å². The predicted octanol–water partition coefficient (Wildman–Crippen LogP) is 1.99. The minimum Gasteiger partial charge on any atom is -0.484 e. The Kier molecular flexibility index (Phi) is 5.57. The molecule has 6 heteroatoms. The summed E-state index contributed by atoms with van der Waals surface area (Å²) in [5.41, 5.74) is 6.49. The highest BCUT2D eigenvalue weighted by atomic mass is 16.5. The van der Waals surface area contributed by atoms with E-state index in [1.54, 1.807) is 25.1 Å². The maximum Gasteiger partial charge on any atom is 0.255 e. The molecule has 2 rings (SSSR count). The first-order valence-electron chi connectivity index (χ1n) is 7.18. The summed E-state index contributed by atoms with van der Waals surface area (Å²) in [4.78, 5) is 22.9. The number of primary amides is 1. The van der Waals surface area contributed by atoms with E-state index in [0.29, 0.717) is 11.4 Å². The van der Waals surface area contributed by atoms with E-state index in [1.165, 1.54) is 0 Å². The maximum absolute atomic E-state index is 12.2. The molecule has 0 saturated carbocycles. The second-order valence-corrected chi connectivity index (χ2v) is 5.00. The van der Waals surface area contributed by atoms with Crippen molar-refractivity contribution in [3.05, 3.63) is 54.6 Å². The van der Waals surface area contributed by atoms with Crippen molar-refractivity contribution < 1.29 is 14.3 Å². The highest BCUT2D eigenvalue weighted by molar-refractivity contribution is 5.96. The number of para-hydroxylation sites is 1. The number of benzene rings is 2. The van der Waals surface area contributed by atoms with E-state index in [1.807, 2.05) is 36.4 Å². The summed E-state index contributed by atoms with van der Waals surface area (Å²) < 4.78 is 5.23. The van der Waals surface area contributed by atoms with Crippen LogP contribution in [0, 0.1) is 0 Å². The van der Waals surface area contributed by atoms with Gasteiger partial charge in [-0.15, -0.1) is 0 Å². The number of hydrogen-bond donors (Lipinski definition) is 3. The summed E-state index contributed by atoms with van der Waals surface area (Å²) in [6.07, 6.45) is 0. The second-order valence-electron chi connectivity index (χ2n) is 5.00. The summed E-state index contributed by atoms with van der Waals surface area (Å²) in [5.74, 6) is -0.192. The van der Waals surface area contributed by atoms with Gasteiger partial charge in [0.05, 0.1) is 0 Å². The number of hydrogen-bond acceptors (Lipinski definition) is 4. The van der Waals surface area contributed by atoms with Gasteiger partial charge < -0.3 is 21.1 Å². The lowest BCUT2D eigenvalue weighted by atomic mass is 10.2. The van der Waals surface area contributed by atoms with Gasteiger partial charge in [0.15, 0.2) is 6.61 Å². The lowest BCUT2D eigenvalue weighted by Crippen LogP contribution is -2.31. The predicted molar refractivity (Wildman–Crippen MR) is 89.3 cm³/mol. The van der Waals surface area contributed by atoms with Crippen molar-refractivity contribution in [3.63, 3.8) is 0 Å². The van der Waals surface area contributed by atoms with Gasteiger partial charge in [-0.3, -0.25) is 9.59 Å². The fourth-order valence-electron chi connectivity index (χ4n) is 1.92. The second kappa shape index (κ2) is 7.84. The van der Waals surface area contributed by atoms with Crippen LogP contribution in [-0.2, 0) is 9.59 Å². The van der Waals surface area contributed by atoms with Crippen LogP contribution in [0.5, 0.6) is 5.75 Å². The molecule has 23 heavy (non-hydrogen) atoms. The van der Waals surface area contributed by atoms with Gasteiger partial charge in [-0.2, -0.15) is 0 Å². The molecule has 120 valence electrons. The van der Waals surface area contributed by atoms with Crippen molar-refractivity contribution in [1.29, 1.82) is 0 Å². The third kappa shape index (κ3) is 5.35. The van der Waals surface area contributed by atoms with Crippen LogP contribution in [0.2, 0.25) is 0 Å². The van der Waals surface area contributed by atoms with Gasteiger partial charge in [0.1, 0.15) is 11.8 Å². The zero-order chi connectivity index (χ0) is 16.7. The first-order chi connectivity index (χ1) is 11.0. The van der Waals surface area contributed by atoms with Crippen LogP contribution in [-0.4, -0.2) is 24.5 Å². The smallest absolute Gasteiger partial charge is 0.255 e. The van der Waals surface area contributed by atoms with Gasteiger partial charge in [0, 0.05) is 17.4 Å². The molecule has 0 unspecified atom stereocenters. The zero-order valence-electron chi connectivity index (χ0n) is 12.8. The fourth-order valence-corrected chi connectivity index (χ4v) is 1.92. The number of carbonyl (C=O) groups is 2. The molecule has 0 aliphatic carbocycles. The van der Waals surface area contributed by atoms with Gasteiger partial charge in [-0.05, 0) is 31.2 Å². The minimum absolute atomic E-state index is 0.153. The molecule has 0 aromatic heterocycles. The van der Waals surface area contributed by atoms with Crippen LogP contribution in [0.15, 0.2) is 54.6 Å². The number of amides is 2. The Labute approximate surface area is 134 Å². The first-order valence-corrected chi connectivity index (χ1v) is 7.18. The third-order valence-corrected chi connectivity index (χ3v) is 3.03. The van der Waals surface area contributed by atoms with E-state index >= 15 is 0 Å². The van der Waals surface area contributed by atoms with Crippen LogP contribution in [0.1, 0.15) is 6.92 Å². The minimum atomic E-state index is -0.543. The molecule has 0 radical (unpaired) electrons.